The van der Waals surface area contributed by atoms with E-state index in [-0.39, 0.29) is 5.82 Å². The first-order valence-corrected chi connectivity index (χ1v) is 9.54. The van der Waals surface area contributed by atoms with Gasteiger partial charge in [-0.05, 0) is 54.1 Å². The van der Waals surface area contributed by atoms with E-state index in [4.69, 9.17) is 16.3 Å². The Labute approximate surface area is 171 Å². The lowest BCUT2D eigenvalue weighted by molar-refractivity contribution is 0.397. The second-order valence-electron chi connectivity index (χ2n) is 6.90. The smallest absolute Gasteiger partial charge is 0.213 e. The van der Waals surface area contributed by atoms with E-state index in [1.807, 2.05) is 47.3 Å². The van der Waals surface area contributed by atoms with Crippen LogP contribution in [0.3, 0.4) is 0 Å². The average molecular weight is 406 g/mol. The minimum absolute atomic E-state index is 0.245. The van der Waals surface area contributed by atoms with Crippen LogP contribution in [0.15, 0.2) is 73.2 Å². The van der Waals surface area contributed by atoms with Gasteiger partial charge in [-0.1, -0.05) is 11.6 Å². The zero-order chi connectivity index (χ0) is 20.0. The second-order valence-corrected chi connectivity index (χ2v) is 7.31. The predicted molar refractivity (Wildman–Crippen MR) is 114 cm³/mol. The van der Waals surface area contributed by atoms with Gasteiger partial charge in [-0.3, -0.25) is 0 Å². The maximum atomic E-state index is 13.5. The van der Waals surface area contributed by atoms with Crippen LogP contribution >= 0.6 is 11.6 Å². The molecule has 2 aromatic carbocycles. The Morgan fingerprint density at radius 1 is 1.00 bits per heavy atom. The molecule has 3 heterocycles. The van der Waals surface area contributed by atoms with Crippen molar-refractivity contribution in [3.63, 3.8) is 0 Å². The van der Waals surface area contributed by atoms with Gasteiger partial charge in [0.25, 0.3) is 0 Å². The summed E-state index contributed by atoms with van der Waals surface area (Å²) in [5.41, 5.74) is 3.96. The van der Waals surface area contributed by atoms with Gasteiger partial charge in [0.05, 0.1) is 23.2 Å². The maximum Gasteiger partial charge on any atom is 0.213 e. The third kappa shape index (κ3) is 3.13. The van der Waals surface area contributed by atoms with Gasteiger partial charge in [0, 0.05) is 47.7 Å². The highest BCUT2D eigenvalue weighted by Crippen LogP contribution is 2.31. The van der Waals surface area contributed by atoms with Gasteiger partial charge >= 0.3 is 0 Å². The number of nitrogens with zero attached hydrogens (tertiary/aromatic N) is 3. The fourth-order valence-electron chi connectivity index (χ4n) is 3.71. The monoisotopic (exact) mass is 405 g/mol. The fraction of sp³-hybridized carbons (Fsp3) is 0.0870. The SMILES string of the molecule is COc1cc(Cn2ccc3c(Cl)cc(-n4ccc5cc(F)ccc54)cc32)ccn1. The molecule has 0 aliphatic heterocycles. The molecule has 4 nitrogen and oxygen atoms in total. The molecule has 3 aromatic heterocycles. The van der Waals surface area contributed by atoms with Crippen LogP contribution in [0.1, 0.15) is 5.56 Å². The van der Waals surface area contributed by atoms with E-state index in [0.717, 1.165) is 33.1 Å². The molecule has 0 unspecified atom stereocenters. The molecule has 0 amide bonds. The van der Waals surface area contributed by atoms with Crippen LogP contribution < -0.4 is 4.74 Å². The van der Waals surface area contributed by atoms with Gasteiger partial charge in [-0.15, -0.1) is 0 Å². The molecule has 144 valence electrons. The molecule has 0 radical (unpaired) electrons. The van der Waals surface area contributed by atoms with Crippen LogP contribution in [-0.4, -0.2) is 21.2 Å². The van der Waals surface area contributed by atoms with Gasteiger partial charge in [0.1, 0.15) is 5.82 Å². The van der Waals surface area contributed by atoms with Crippen molar-refractivity contribution < 1.29 is 9.13 Å². The first-order chi connectivity index (χ1) is 14.1. The molecule has 0 aliphatic carbocycles. The summed E-state index contributed by atoms with van der Waals surface area (Å²) in [4.78, 5) is 4.16. The minimum Gasteiger partial charge on any atom is -0.481 e. The Bertz CT molecular complexity index is 1360. The fourth-order valence-corrected chi connectivity index (χ4v) is 3.98. The summed E-state index contributed by atoms with van der Waals surface area (Å²) in [6, 6.07) is 16.6. The summed E-state index contributed by atoms with van der Waals surface area (Å²) in [5.74, 6) is 0.342. The molecular formula is C23H17ClFN3O. The molecule has 0 saturated carbocycles. The topological polar surface area (TPSA) is 32.0 Å². The van der Waals surface area contributed by atoms with Crippen molar-refractivity contribution in [1.29, 1.82) is 0 Å². The molecule has 5 aromatic rings. The molecule has 5 rings (SSSR count). The number of halogens is 2. The van der Waals surface area contributed by atoms with Gasteiger partial charge in [0.15, 0.2) is 0 Å². The van der Waals surface area contributed by atoms with E-state index in [0.29, 0.717) is 17.4 Å². The number of fused-ring (bicyclic) bond motifs is 2. The van der Waals surface area contributed by atoms with Crippen molar-refractivity contribution in [1.82, 2.24) is 14.1 Å². The van der Waals surface area contributed by atoms with E-state index < -0.39 is 0 Å². The highest BCUT2D eigenvalue weighted by Gasteiger charge is 2.11. The van der Waals surface area contributed by atoms with E-state index >= 15 is 0 Å². The Morgan fingerprint density at radius 2 is 1.90 bits per heavy atom. The molecule has 0 saturated heterocycles. The van der Waals surface area contributed by atoms with Gasteiger partial charge in [-0.2, -0.15) is 0 Å². The number of aromatic nitrogens is 3. The minimum atomic E-state index is -0.245. The molecule has 0 bridgehead atoms. The van der Waals surface area contributed by atoms with E-state index in [9.17, 15) is 4.39 Å². The number of hydrogen-bond acceptors (Lipinski definition) is 2. The van der Waals surface area contributed by atoms with Gasteiger partial charge < -0.3 is 13.9 Å². The van der Waals surface area contributed by atoms with Crippen LogP contribution in [0.25, 0.3) is 27.5 Å². The summed E-state index contributed by atoms with van der Waals surface area (Å²) in [6.45, 7) is 0.666. The third-order valence-corrected chi connectivity index (χ3v) is 5.43. The number of benzene rings is 2. The van der Waals surface area contributed by atoms with E-state index in [1.54, 1.807) is 19.4 Å². The van der Waals surface area contributed by atoms with Crippen LogP contribution in [0, 0.1) is 5.82 Å². The molecule has 0 N–H and O–H groups in total. The molecule has 0 aliphatic rings. The standard InChI is InChI=1S/C23H17ClFN3O/c1-29-23-10-15(4-7-26-23)14-27-8-6-19-20(24)12-18(13-22(19)27)28-9-5-16-11-17(25)2-3-21(16)28/h2-13H,14H2,1H3. The van der Waals surface area contributed by atoms with E-state index in [2.05, 4.69) is 15.6 Å². The van der Waals surface area contributed by atoms with Gasteiger partial charge in [-0.25, -0.2) is 9.37 Å². The lowest BCUT2D eigenvalue weighted by Crippen LogP contribution is -2.00. The molecule has 0 fully saturated rings. The number of hydrogen-bond donors (Lipinski definition) is 0. The molecule has 6 heteroatoms. The Kier molecular flexibility index (Phi) is 4.25. The van der Waals surface area contributed by atoms with Crippen LogP contribution in [0.5, 0.6) is 5.88 Å². The lowest BCUT2D eigenvalue weighted by atomic mass is 10.2. The van der Waals surface area contributed by atoms with Crippen molar-refractivity contribution in [3.05, 3.63) is 89.6 Å². The molecule has 29 heavy (non-hydrogen) atoms. The quantitative estimate of drug-likeness (QED) is 0.377. The summed E-state index contributed by atoms with van der Waals surface area (Å²) in [5, 5.41) is 2.51. The largest absolute Gasteiger partial charge is 0.481 e. The Hall–Kier alpha value is -3.31. The first kappa shape index (κ1) is 17.8. The lowest BCUT2D eigenvalue weighted by Gasteiger charge is -2.11. The van der Waals surface area contributed by atoms with Gasteiger partial charge in [0.2, 0.25) is 5.88 Å². The van der Waals surface area contributed by atoms with Crippen molar-refractivity contribution in [3.8, 4) is 11.6 Å². The van der Waals surface area contributed by atoms with Crippen LogP contribution in [0.4, 0.5) is 4.39 Å². The number of methoxy groups -OCH3 is 1. The maximum absolute atomic E-state index is 13.5. The van der Waals surface area contributed by atoms with Crippen molar-refractivity contribution in [2.75, 3.05) is 7.11 Å². The first-order valence-electron chi connectivity index (χ1n) is 9.17. The molecule has 0 atom stereocenters. The zero-order valence-electron chi connectivity index (χ0n) is 15.6. The van der Waals surface area contributed by atoms with Crippen LogP contribution in [0.2, 0.25) is 5.02 Å². The zero-order valence-corrected chi connectivity index (χ0v) is 16.4. The highest BCUT2D eigenvalue weighted by atomic mass is 35.5. The number of rotatable bonds is 4. The Morgan fingerprint density at radius 3 is 2.76 bits per heavy atom. The number of pyridine rings is 1. The van der Waals surface area contributed by atoms with Crippen molar-refractivity contribution in [2.24, 2.45) is 0 Å². The summed E-state index contributed by atoms with van der Waals surface area (Å²) < 4.78 is 22.9. The highest BCUT2D eigenvalue weighted by molar-refractivity contribution is 6.35. The van der Waals surface area contributed by atoms with Crippen molar-refractivity contribution >= 4 is 33.4 Å². The Balaban J connectivity index is 1.62. The normalized spacial score (nSPS) is 11.4. The average Bonchev–Trinajstić information content (AvgIpc) is 3.32. The molecular weight excluding hydrogens is 389 g/mol. The second kappa shape index (κ2) is 6.94. The third-order valence-electron chi connectivity index (χ3n) is 5.11. The summed E-state index contributed by atoms with van der Waals surface area (Å²) in [7, 11) is 1.61. The van der Waals surface area contributed by atoms with Crippen molar-refractivity contribution in [2.45, 2.75) is 6.54 Å². The number of ether oxygens (including phenoxy) is 1. The predicted octanol–water partition coefficient (Wildman–Crippen LogP) is 5.83. The van der Waals surface area contributed by atoms with E-state index in [1.165, 1.54) is 12.1 Å². The van der Waals surface area contributed by atoms with Crippen LogP contribution in [-0.2, 0) is 6.54 Å². The molecule has 0 spiro atoms. The summed E-state index contributed by atoms with van der Waals surface area (Å²) in [6.07, 6.45) is 5.70. The summed E-state index contributed by atoms with van der Waals surface area (Å²) >= 11 is 6.60.